The van der Waals surface area contributed by atoms with Gasteiger partial charge in [0.05, 0.1) is 30.7 Å². The van der Waals surface area contributed by atoms with Crippen molar-refractivity contribution in [1.82, 2.24) is 4.90 Å². The van der Waals surface area contributed by atoms with Crippen LogP contribution in [0.1, 0.15) is 59.1 Å². The largest absolute Gasteiger partial charge is 0.493 e. The third-order valence-electron chi connectivity index (χ3n) is 6.22. The number of ether oxygens (including phenoxy) is 3. The normalized spacial score (nSPS) is 15.2. The molecule has 1 aliphatic rings. The molecule has 1 aromatic heterocycles. The van der Waals surface area contributed by atoms with Crippen LogP contribution in [0, 0.1) is 19.8 Å². The summed E-state index contributed by atoms with van der Waals surface area (Å²) < 4.78 is 22.9. The third-order valence-corrected chi connectivity index (χ3v) is 6.22. The van der Waals surface area contributed by atoms with Gasteiger partial charge in [-0.2, -0.15) is 0 Å². The first-order valence-corrected chi connectivity index (χ1v) is 11.9. The lowest BCUT2D eigenvalue weighted by molar-refractivity contribution is 0.0707. The fraction of sp³-hybridized carbons (Fsp3) is 0.429. The van der Waals surface area contributed by atoms with E-state index in [1.165, 1.54) is 0 Å². The average Bonchev–Trinajstić information content (AvgIpc) is 3.10. The average molecular weight is 480 g/mol. The summed E-state index contributed by atoms with van der Waals surface area (Å²) in [4.78, 5) is 29.0. The minimum atomic E-state index is -0.594. The summed E-state index contributed by atoms with van der Waals surface area (Å²) >= 11 is 0. The van der Waals surface area contributed by atoms with Crippen LogP contribution in [0.2, 0.25) is 0 Å². The third kappa shape index (κ3) is 4.65. The van der Waals surface area contributed by atoms with E-state index in [1.54, 1.807) is 19.1 Å². The molecule has 0 bridgehead atoms. The minimum absolute atomic E-state index is 0.107. The Morgan fingerprint density at radius 1 is 1.06 bits per heavy atom. The molecule has 1 aliphatic heterocycles. The molecule has 35 heavy (non-hydrogen) atoms. The summed E-state index contributed by atoms with van der Waals surface area (Å²) in [5.74, 6) is 1.35. The second-order valence-corrected chi connectivity index (χ2v) is 9.50. The van der Waals surface area contributed by atoms with E-state index in [0.717, 1.165) is 16.7 Å². The highest BCUT2D eigenvalue weighted by atomic mass is 16.5. The predicted octanol–water partition coefficient (Wildman–Crippen LogP) is 5.03. The Balaban J connectivity index is 1.88. The molecule has 0 saturated carbocycles. The Morgan fingerprint density at radius 3 is 2.51 bits per heavy atom. The smallest absolute Gasteiger partial charge is 0.290 e. The van der Waals surface area contributed by atoms with Crippen molar-refractivity contribution < 1.29 is 23.4 Å². The number of rotatable bonds is 9. The number of aryl methyl sites for hydroxylation is 2. The predicted molar refractivity (Wildman–Crippen MR) is 135 cm³/mol. The molecule has 7 nitrogen and oxygen atoms in total. The lowest BCUT2D eigenvalue weighted by Crippen LogP contribution is -2.31. The molecule has 1 amide bonds. The van der Waals surface area contributed by atoms with Crippen LogP contribution >= 0.6 is 0 Å². The van der Waals surface area contributed by atoms with Crippen molar-refractivity contribution in [1.29, 1.82) is 0 Å². The van der Waals surface area contributed by atoms with Crippen LogP contribution in [0.15, 0.2) is 39.5 Å². The monoisotopic (exact) mass is 479 g/mol. The fourth-order valence-electron chi connectivity index (χ4n) is 4.66. The summed E-state index contributed by atoms with van der Waals surface area (Å²) in [5, 5.41) is 0.488. The van der Waals surface area contributed by atoms with Crippen LogP contribution < -0.4 is 14.9 Å². The molecule has 0 aliphatic carbocycles. The van der Waals surface area contributed by atoms with Crippen LogP contribution in [0.25, 0.3) is 11.0 Å². The summed E-state index contributed by atoms with van der Waals surface area (Å²) in [7, 11) is 3.21. The van der Waals surface area contributed by atoms with Gasteiger partial charge < -0.3 is 23.5 Å². The van der Waals surface area contributed by atoms with Crippen molar-refractivity contribution >= 4 is 16.9 Å². The second-order valence-electron chi connectivity index (χ2n) is 9.50. The number of hydrogen-bond acceptors (Lipinski definition) is 6. The first-order valence-electron chi connectivity index (χ1n) is 11.9. The number of carbonyl (C=O) groups is 1. The van der Waals surface area contributed by atoms with E-state index in [1.807, 2.05) is 44.2 Å². The zero-order chi connectivity index (χ0) is 25.3. The molecule has 2 aromatic carbocycles. The Morgan fingerprint density at radius 2 is 1.83 bits per heavy atom. The molecule has 0 saturated heterocycles. The van der Waals surface area contributed by atoms with Crippen LogP contribution in [-0.2, 0) is 4.74 Å². The maximum absolute atomic E-state index is 13.8. The maximum Gasteiger partial charge on any atom is 0.290 e. The van der Waals surface area contributed by atoms with Gasteiger partial charge in [0.2, 0.25) is 5.76 Å². The molecular formula is C28H33NO6. The fourth-order valence-corrected chi connectivity index (χ4v) is 4.66. The number of amides is 1. The van der Waals surface area contributed by atoms with E-state index in [-0.39, 0.29) is 17.1 Å². The number of nitrogens with zero attached hydrogens (tertiary/aromatic N) is 1. The molecule has 0 N–H and O–H groups in total. The molecule has 7 heteroatoms. The molecule has 0 fully saturated rings. The molecule has 0 spiro atoms. The van der Waals surface area contributed by atoms with Gasteiger partial charge in [0, 0.05) is 20.3 Å². The SMILES string of the molecule is COCCCN1C(=O)c2oc3c(C)cc(C)cc3c(=O)c2C1c1ccc(OCC(C)C)c(OC)c1. The molecule has 2 heterocycles. The van der Waals surface area contributed by atoms with E-state index in [2.05, 4.69) is 13.8 Å². The van der Waals surface area contributed by atoms with Crippen LogP contribution in [0.4, 0.5) is 0 Å². The van der Waals surface area contributed by atoms with Crippen molar-refractivity contribution in [2.75, 3.05) is 34.0 Å². The van der Waals surface area contributed by atoms with Gasteiger partial charge in [-0.25, -0.2) is 0 Å². The Bertz CT molecular complexity index is 1310. The van der Waals surface area contributed by atoms with Gasteiger partial charge in [-0.1, -0.05) is 26.0 Å². The van der Waals surface area contributed by atoms with Crippen molar-refractivity contribution in [3.63, 3.8) is 0 Å². The highest BCUT2D eigenvalue weighted by Gasteiger charge is 2.42. The second kappa shape index (κ2) is 10.1. The highest BCUT2D eigenvalue weighted by molar-refractivity contribution is 5.99. The summed E-state index contributed by atoms with van der Waals surface area (Å²) in [6.07, 6.45) is 0.630. The Labute approximate surface area is 205 Å². The number of carbonyl (C=O) groups excluding carboxylic acids is 1. The molecule has 3 aromatic rings. The molecular weight excluding hydrogens is 446 g/mol. The molecule has 186 valence electrons. The topological polar surface area (TPSA) is 78.2 Å². The van der Waals surface area contributed by atoms with Crippen molar-refractivity contribution in [3.8, 4) is 11.5 Å². The Hall–Kier alpha value is -3.32. The zero-order valence-corrected chi connectivity index (χ0v) is 21.3. The van der Waals surface area contributed by atoms with Crippen LogP contribution in [0.5, 0.6) is 11.5 Å². The van der Waals surface area contributed by atoms with Gasteiger partial charge >= 0.3 is 0 Å². The molecule has 0 radical (unpaired) electrons. The van der Waals surface area contributed by atoms with Crippen LogP contribution in [-0.4, -0.2) is 44.8 Å². The van der Waals surface area contributed by atoms with Gasteiger partial charge in [0.15, 0.2) is 16.9 Å². The number of fused-ring (bicyclic) bond motifs is 2. The standard InChI is InChI=1S/C28H33NO6/c1-16(2)15-34-21-9-8-19(14-22(21)33-6)24-23-25(30)20-13-17(3)12-18(4)26(20)35-27(23)28(31)29(24)10-7-11-32-5/h8-9,12-14,16,24H,7,10-11,15H2,1-6H3. The highest BCUT2D eigenvalue weighted by Crippen LogP contribution is 2.41. The van der Waals surface area contributed by atoms with Crippen LogP contribution in [0.3, 0.4) is 0 Å². The van der Waals surface area contributed by atoms with E-state index in [9.17, 15) is 9.59 Å². The lowest BCUT2D eigenvalue weighted by Gasteiger charge is -2.25. The quantitative estimate of drug-likeness (QED) is 0.401. The zero-order valence-electron chi connectivity index (χ0n) is 21.3. The maximum atomic E-state index is 13.8. The van der Waals surface area contributed by atoms with Crippen molar-refractivity contribution in [2.45, 2.75) is 40.2 Å². The molecule has 4 rings (SSSR count). The first kappa shape index (κ1) is 24.8. The summed E-state index contributed by atoms with van der Waals surface area (Å²) in [6.45, 7) is 9.46. The van der Waals surface area contributed by atoms with Gasteiger partial charge in [-0.05, 0) is 61.1 Å². The number of benzene rings is 2. The summed E-state index contributed by atoms with van der Waals surface area (Å²) in [5.41, 5.74) is 3.20. The molecule has 1 unspecified atom stereocenters. The molecule has 1 atom stereocenters. The lowest BCUT2D eigenvalue weighted by atomic mass is 9.97. The summed E-state index contributed by atoms with van der Waals surface area (Å²) in [6, 6.07) is 8.75. The van der Waals surface area contributed by atoms with E-state index in [0.29, 0.717) is 60.1 Å². The van der Waals surface area contributed by atoms with Gasteiger partial charge in [0.1, 0.15) is 5.58 Å². The van der Waals surface area contributed by atoms with E-state index in [4.69, 9.17) is 18.6 Å². The van der Waals surface area contributed by atoms with Gasteiger partial charge in [-0.15, -0.1) is 0 Å². The van der Waals surface area contributed by atoms with Gasteiger partial charge in [-0.3, -0.25) is 9.59 Å². The number of methoxy groups -OCH3 is 2. The number of hydrogen-bond donors (Lipinski definition) is 0. The minimum Gasteiger partial charge on any atom is -0.493 e. The van der Waals surface area contributed by atoms with E-state index < -0.39 is 6.04 Å². The Kier molecular flexibility index (Phi) is 7.17. The van der Waals surface area contributed by atoms with Gasteiger partial charge in [0.25, 0.3) is 5.91 Å². The van der Waals surface area contributed by atoms with E-state index >= 15 is 0 Å². The first-order chi connectivity index (χ1) is 16.8. The van der Waals surface area contributed by atoms with Crippen molar-refractivity contribution in [2.24, 2.45) is 5.92 Å². The van der Waals surface area contributed by atoms with Crippen molar-refractivity contribution in [3.05, 3.63) is 68.6 Å².